The van der Waals surface area contributed by atoms with Crippen molar-refractivity contribution in [3.05, 3.63) is 29.8 Å². The number of benzene rings is 1. The fourth-order valence-electron chi connectivity index (χ4n) is 5.31. The summed E-state index contributed by atoms with van der Waals surface area (Å²) in [6.07, 6.45) is 15.9. The maximum atomic E-state index is 12.6. The van der Waals surface area contributed by atoms with E-state index >= 15 is 0 Å². The lowest BCUT2D eigenvalue weighted by molar-refractivity contribution is 0.0665. The molecule has 3 fully saturated rings. The third-order valence-electron chi connectivity index (χ3n) is 7.11. The highest BCUT2D eigenvalue weighted by Gasteiger charge is 2.26. The first-order valence-corrected chi connectivity index (χ1v) is 12.1. The van der Waals surface area contributed by atoms with Crippen molar-refractivity contribution in [2.45, 2.75) is 89.2 Å². The molecule has 1 amide bonds. The third kappa shape index (κ3) is 5.75. The number of carbonyl (C=O) groups is 1. The van der Waals surface area contributed by atoms with E-state index in [1.807, 2.05) is 29.2 Å². The summed E-state index contributed by atoms with van der Waals surface area (Å²) in [4.78, 5) is 17.3. The molecule has 2 heterocycles. The zero-order valence-electron chi connectivity index (χ0n) is 18.0. The van der Waals surface area contributed by atoms with Crippen LogP contribution in [0.25, 0.3) is 0 Å². The lowest BCUT2D eigenvalue weighted by Crippen LogP contribution is -2.44. The van der Waals surface area contributed by atoms with Crippen LogP contribution in [0.4, 0.5) is 0 Å². The van der Waals surface area contributed by atoms with Crippen molar-refractivity contribution >= 4 is 5.91 Å². The van der Waals surface area contributed by atoms with E-state index in [-0.39, 0.29) is 5.91 Å². The maximum Gasteiger partial charge on any atom is 0.253 e. The van der Waals surface area contributed by atoms with Crippen LogP contribution in [0, 0.1) is 0 Å². The van der Waals surface area contributed by atoms with E-state index in [9.17, 15) is 4.79 Å². The molecule has 160 valence electrons. The number of carbonyl (C=O) groups excluding carboxylic acids is 1. The molecule has 2 saturated heterocycles. The molecule has 0 radical (unpaired) electrons. The molecule has 0 atom stereocenters. The second-order valence-electron chi connectivity index (χ2n) is 9.23. The molecule has 29 heavy (non-hydrogen) atoms. The smallest absolute Gasteiger partial charge is 0.253 e. The number of rotatable bonds is 4. The van der Waals surface area contributed by atoms with E-state index in [0.29, 0.717) is 6.10 Å². The summed E-state index contributed by atoms with van der Waals surface area (Å²) in [5.41, 5.74) is 0.790. The van der Waals surface area contributed by atoms with Gasteiger partial charge in [-0.2, -0.15) is 0 Å². The number of ether oxygens (including phenoxy) is 1. The van der Waals surface area contributed by atoms with Crippen molar-refractivity contribution in [2.24, 2.45) is 0 Å². The predicted molar refractivity (Wildman–Crippen MR) is 118 cm³/mol. The van der Waals surface area contributed by atoms with Crippen LogP contribution in [-0.4, -0.2) is 54.0 Å². The van der Waals surface area contributed by atoms with Crippen molar-refractivity contribution in [3.8, 4) is 5.75 Å². The topological polar surface area (TPSA) is 32.8 Å². The van der Waals surface area contributed by atoms with Crippen molar-refractivity contribution < 1.29 is 9.53 Å². The summed E-state index contributed by atoms with van der Waals surface area (Å²) in [6.45, 7) is 4.13. The molecule has 1 aromatic carbocycles. The summed E-state index contributed by atoms with van der Waals surface area (Å²) < 4.78 is 6.26. The Morgan fingerprint density at radius 1 is 0.724 bits per heavy atom. The standard InChI is InChI=1S/C25H38N2O2/c28-25(27-17-7-4-8-18-27)21-11-13-23(14-12-21)29-24-15-19-26(20-16-24)22-9-5-2-1-3-6-10-22/h11-14,22,24H,1-10,15-20H2. The quantitative estimate of drug-likeness (QED) is 0.693. The fourth-order valence-corrected chi connectivity index (χ4v) is 5.31. The molecule has 4 heteroatoms. The number of amides is 1. The van der Waals surface area contributed by atoms with Crippen LogP contribution >= 0.6 is 0 Å². The Kier molecular flexibility index (Phi) is 7.48. The monoisotopic (exact) mass is 398 g/mol. The molecule has 4 rings (SSSR count). The van der Waals surface area contributed by atoms with Gasteiger partial charge in [0.2, 0.25) is 0 Å². The van der Waals surface area contributed by atoms with Crippen molar-refractivity contribution in [2.75, 3.05) is 26.2 Å². The minimum absolute atomic E-state index is 0.170. The lowest BCUT2D eigenvalue weighted by atomic mass is 9.94. The highest BCUT2D eigenvalue weighted by molar-refractivity contribution is 5.94. The van der Waals surface area contributed by atoms with Crippen LogP contribution in [0.5, 0.6) is 5.75 Å². The SMILES string of the molecule is O=C(c1ccc(OC2CCN(C3CCCCCCC3)CC2)cc1)N1CCCCC1. The van der Waals surface area contributed by atoms with Gasteiger partial charge in [-0.3, -0.25) is 4.79 Å². The van der Waals surface area contributed by atoms with Crippen molar-refractivity contribution in [1.29, 1.82) is 0 Å². The van der Waals surface area contributed by atoms with Crippen LogP contribution in [0.1, 0.15) is 87.4 Å². The van der Waals surface area contributed by atoms with E-state index in [4.69, 9.17) is 4.74 Å². The number of piperidine rings is 2. The van der Waals surface area contributed by atoms with Gasteiger partial charge >= 0.3 is 0 Å². The molecule has 1 aliphatic carbocycles. The Morgan fingerprint density at radius 2 is 1.31 bits per heavy atom. The van der Waals surface area contributed by atoms with Gasteiger partial charge in [-0.25, -0.2) is 0 Å². The van der Waals surface area contributed by atoms with Gasteiger partial charge in [0.15, 0.2) is 0 Å². The summed E-state index contributed by atoms with van der Waals surface area (Å²) in [6, 6.07) is 8.65. The van der Waals surface area contributed by atoms with Gasteiger partial charge in [0.05, 0.1) is 0 Å². The van der Waals surface area contributed by atoms with E-state index in [1.54, 1.807) is 0 Å². The second kappa shape index (κ2) is 10.5. The molecule has 1 saturated carbocycles. The average molecular weight is 399 g/mol. The van der Waals surface area contributed by atoms with Crippen molar-refractivity contribution in [3.63, 3.8) is 0 Å². The van der Waals surface area contributed by atoms with Crippen LogP contribution in [-0.2, 0) is 0 Å². The van der Waals surface area contributed by atoms with Gasteiger partial charge in [-0.15, -0.1) is 0 Å². The molecule has 0 unspecified atom stereocenters. The molecule has 2 aliphatic heterocycles. The van der Waals surface area contributed by atoms with Gasteiger partial charge in [0.1, 0.15) is 11.9 Å². The molecule has 1 aromatic rings. The maximum absolute atomic E-state index is 12.6. The molecular weight excluding hydrogens is 360 g/mol. The molecule has 0 spiro atoms. The predicted octanol–water partition coefficient (Wildman–Crippen LogP) is 5.27. The van der Waals surface area contributed by atoms with E-state index in [0.717, 1.165) is 56.1 Å². The summed E-state index contributed by atoms with van der Waals surface area (Å²) in [5.74, 6) is 1.08. The average Bonchev–Trinajstić information content (AvgIpc) is 2.75. The Balaban J connectivity index is 1.24. The zero-order valence-corrected chi connectivity index (χ0v) is 18.0. The van der Waals surface area contributed by atoms with Crippen LogP contribution in [0.3, 0.4) is 0 Å². The third-order valence-corrected chi connectivity index (χ3v) is 7.11. The number of nitrogens with zero attached hydrogens (tertiary/aromatic N) is 2. The highest BCUT2D eigenvalue weighted by Crippen LogP contribution is 2.26. The van der Waals surface area contributed by atoms with Gasteiger partial charge in [-0.1, -0.05) is 32.1 Å². The number of likely N-dealkylation sites (tertiary alicyclic amines) is 2. The minimum atomic E-state index is 0.170. The molecule has 3 aliphatic rings. The van der Waals surface area contributed by atoms with E-state index < -0.39 is 0 Å². The molecule has 0 aromatic heterocycles. The summed E-state index contributed by atoms with van der Waals surface area (Å²) in [5, 5.41) is 0. The van der Waals surface area contributed by atoms with Gasteiger partial charge in [0, 0.05) is 37.8 Å². The summed E-state index contributed by atoms with van der Waals surface area (Å²) >= 11 is 0. The Morgan fingerprint density at radius 3 is 1.97 bits per heavy atom. The van der Waals surface area contributed by atoms with Gasteiger partial charge in [0.25, 0.3) is 5.91 Å². The number of hydrogen-bond acceptors (Lipinski definition) is 3. The van der Waals surface area contributed by atoms with E-state index in [2.05, 4.69) is 4.90 Å². The second-order valence-corrected chi connectivity index (χ2v) is 9.23. The highest BCUT2D eigenvalue weighted by atomic mass is 16.5. The minimum Gasteiger partial charge on any atom is -0.490 e. The van der Waals surface area contributed by atoms with E-state index in [1.165, 1.54) is 64.5 Å². The van der Waals surface area contributed by atoms with Gasteiger partial charge < -0.3 is 14.5 Å². The lowest BCUT2D eigenvalue weighted by Gasteiger charge is -2.38. The largest absolute Gasteiger partial charge is 0.490 e. The zero-order chi connectivity index (χ0) is 19.9. The number of hydrogen-bond donors (Lipinski definition) is 0. The molecular formula is C25H38N2O2. The first-order chi connectivity index (χ1) is 14.3. The molecule has 0 bridgehead atoms. The Labute approximate surface area is 176 Å². The Bertz CT molecular complexity index is 623. The van der Waals surface area contributed by atoms with Crippen LogP contribution in [0.15, 0.2) is 24.3 Å². The van der Waals surface area contributed by atoms with Crippen molar-refractivity contribution in [1.82, 2.24) is 9.80 Å². The fraction of sp³-hybridized carbons (Fsp3) is 0.720. The normalized spacial score (nSPS) is 23.4. The first-order valence-electron chi connectivity index (χ1n) is 12.1. The van der Waals surface area contributed by atoms with Crippen LogP contribution < -0.4 is 4.74 Å². The first kappa shape index (κ1) is 20.7. The molecule has 0 N–H and O–H groups in total. The molecule has 4 nitrogen and oxygen atoms in total. The summed E-state index contributed by atoms with van der Waals surface area (Å²) in [7, 11) is 0. The Hall–Kier alpha value is -1.55. The van der Waals surface area contributed by atoms with Crippen LogP contribution in [0.2, 0.25) is 0 Å². The van der Waals surface area contributed by atoms with Gasteiger partial charge in [-0.05, 0) is 69.2 Å².